The van der Waals surface area contributed by atoms with E-state index in [9.17, 15) is 0 Å². The Kier molecular flexibility index (Phi) is 4.76. The van der Waals surface area contributed by atoms with E-state index in [-0.39, 0.29) is 0 Å². The Bertz CT molecular complexity index is 334. The molecular formula is C12H21N3OS. The summed E-state index contributed by atoms with van der Waals surface area (Å²) in [5.41, 5.74) is 1.15. The average Bonchev–Trinajstić information content (AvgIpc) is 2.85. The summed E-state index contributed by atoms with van der Waals surface area (Å²) in [6.45, 7) is 6.11. The topological polar surface area (TPSA) is 37.4 Å². The molecule has 17 heavy (non-hydrogen) atoms. The summed E-state index contributed by atoms with van der Waals surface area (Å²) in [6, 6.07) is 0. The van der Waals surface area contributed by atoms with Crippen molar-refractivity contribution in [2.24, 2.45) is 0 Å². The van der Waals surface area contributed by atoms with E-state index in [0.717, 1.165) is 49.8 Å². The maximum Gasteiger partial charge on any atom is 0.185 e. The van der Waals surface area contributed by atoms with Crippen LogP contribution in [0.3, 0.4) is 0 Å². The van der Waals surface area contributed by atoms with Gasteiger partial charge in [0.1, 0.15) is 0 Å². The number of nitrogens with one attached hydrogen (secondary N) is 1. The molecule has 0 atom stereocenters. The van der Waals surface area contributed by atoms with Crippen molar-refractivity contribution in [3.05, 3.63) is 11.1 Å². The summed E-state index contributed by atoms with van der Waals surface area (Å²) in [7, 11) is 1.80. The predicted molar refractivity (Wildman–Crippen MR) is 71.7 cm³/mol. The summed E-state index contributed by atoms with van der Waals surface area (Å²) < 4.78 is 5.38. The van der Waals surface area contributed by atoms with Crippen LogP contribution >= 0.6 is 11.3 Å². The van der Waals surface area contributed by atoms with Crippen molar-refractivity contribution in [2.45, 2.75) is 32.4 Å². The molecule has 0 aliphatic carbocycles. The van der Waals surface area contributed by atoms with Gasteiger partial charge in [-0.2, -0.15) is 0 Å². The average molecular weight is 255 g/mol. The van der Waals surface area contributed by atoms with Gasteiger partial charge in [0.25, 0.3) is 0 Å². The first-order valence-electron chi connectivity index (χ1n) is 6.26. The number of hydrogen-bond acceptors (Lipinski definition) is 5. The zero-order chi connectivity index (χ0) is 12.1. The van der Waals surface area contributed by atoms with E-state index in [4.69, 9.17) is 4.74 Å². The fourth-order valence-corrected chi connectivity index (χ4v) is 2.94. The van der Waals surface area contributed by atoms with E-state index in [1.165, 1.54) is 0 Å². The van der Waals surface area contributed by atoms with Crippen molar-refractivity contribution in [3.8, 4) is 0 Å². The van der Waals surface area contributed by atoms with Crippen molar-refractivity contribution in [1.29, 1.82) is 0 Å². The lowest BCUT2D eigenvalue weighted by Gasteiger charge is -2.30. The Morgan fingerprint density at radius 3 is 2.94 bits per heavy atom. The number of hydrogen-bond donors (Lipinski definition) is 1. The Morgan fingerprint density at radius 1 is 1.53 bits per heavy atom. The third kappa shape index (κ3) is 3.40. The highest BCUT2D eigenvalue weighted by atomic mass is 32.1. The zero-order valence-electron chi connectivity index (χ0n) is 10.6. The third-order valence-electron chi connectivity index (χ3n) is 3.14. The Morgan fingerprint density at radius 2 is 2.29 bits per heavy atom. The Labute approximate surface area is 107 Å². The van der Waals surface area contributed by atoms with Gasteiger partial charge in [0.05, 0.1) is 11.8 Å². The summed E-state index contributed by atoms with van der Waals surface area (Å²) in [4.78, 5) is 7.03. The number of piperidine rings is 1. The molecule has 0 spiro atoms. The first-order chi connectivity index (χ1) is 8.33. The van der Waals surface area contributed by atoms with Gasteiger partial charge >= 0.3 is 0 Å². The highest BCUT2D eigenvalue weighted by Crippen LogP contribution is 2.24. The van der Waals surface area contributed by atoms with Crippen LogP contribution in [0.15, 0.2) is 5.38 Å². The monoisotopic (exact) mass is 255 g/mol. The van der Waals surface area contributed by atoms with Gasteiger partial charge in [-0.1, -0.05) is 6.92 Å². The third-order valence-corrected chi connectivity index (χ3v) is 4.09. The molecule has 0 unspecified atom stereocenters. The molecule has 0 bridgehead atoms. The number of ether oxygens (including phenoxy) is 1. The van der Waals surface area contributed by atoms with E-state index < -0.39 is 0 Å². The number of nitrogens with zero attached hydrogens (tertiary/aromatic N) is 2. The van der Waals surface area contributed by atoms with Crippen LogP contribution in [0, 0.1) is 0 Å². The van der Waals surface area contributed by atoms with Gasteiger partial charge in [-0.05, 0) is 19.4 Å². The number of thiazole rings is 1. The molecule has 2 rings (SSSR count). The summed E-state index contributed by atoms with van der Waals surface area (Å²) in [5.74, 6) is 0. The van der Waals surface area contributed by atoms with Crippen LogP contribution in [0.4, 0.5) is 5.13 Å². The van der Waals surface area contributed by atoms with E-state index in [1.807, 2.05) is 0 Å². The van der Waals surface area contributed by atoms with Gasteiger partial charge in [-0.25, -0.2) is 4.98 Å². The quantitative estimate of drug-likeness (QED) is 0.871. The second-order valence-electron chi connectivity index (χ2n) is 4.32. The molecule has 0 aromatic carbocycles. The highest BCUT2D eigenvalue weighted by molar-refractivity contribution is 7.13. The van der Waals surface area contributed by atoms with Gasteiger partial charge < -0.3 is 15.0 Å². The predicted octanol–water partition coefficient (Wildman–Crippen LogP) is 1.87. The van der Waals surface area contributed by atoms with Crippen molar-refractivity contribution >= 4 is 16.5 Å². The van der Waals surface area contributed by atoms with Crippen LogP contribution in [0.2, 0.25) is 0 Å². The highest BCUT2D eigenvalue weighted by Gasteiger charge is 2.20. The Hall–Kier alpha value is -0.650. The second kappa shape index (κ2) is 6.33. The minimum Gasteiger partial charge on any atom is -0.381 e. The number of methoxy groups -OCH3 is 1. The minimum atomic E-state index is 0.437. The number of aromatic nitrogens is 1. The van der Waals surface area contributed by atoms with Crippen molar-refractivity contribution in [3.63, 3.8) is 0 Å². The van der Waals surface area contributed by atoms with Crippen molar-refractivity contribution < 1.29 is 4.74 Å². The molecule has 0 saturated carbocycles. The van der Waals surface area contributed by atoms with Crippen LogP contribution in [-0.2, 0) is 11.3 Å². The maximum absolute atomic E-state index is 5.38. The molecule has 1 saturated heterocycles. The molecule has 0 radical (unpaired) electrons. The molecule has 4 nitrogen and oxygen atoms in total. The standard InChI is InChI=1S/C12H21N3OS/c1-3-13-8-10-9-17-12(14-10)15-6-4-11(16-2)5-7-15/h9,11,13H,3-8H2,1-2H3. The molecule has 1 aromatic heterocycles. The van der Waals surface area contributed by atoms with E-state index >= 15 is 0 Å². The van der Waals surface area contributed by atoms with Crippen LogP contribution in [0.5, 0.6) is 0 Å². The lowest BCUT2D eigenvalue weighted by molar-refractivity contribution is 0.0819. The smallest absolute Gasteiger partial charge is 0.185 e. The molecule has 96 valence electrons. The van der Waals surface area contributed by atoms with E-state index in [2.05, 4.69) is 27.5 Å². The molecule has 1 aliphatic heterocycles. The van der Waals surface area contributed by atoms with Gasteiger partial charge in [-0.15, -0.1) is 11.3 Å². The lowest BCUT2D eigenvalue weighted by atomic mass is 10.1. The van der Waals surface area contributed by atoms with Crippen LogP contribution < -0.4 is 10.2 Å². The van der Waals surface area contributed by atoms with Gasteiger partial charge in [0.2, 0.25) is 0 Å². The Balaban J connectivity index is 1.87. The molecule has 5 heteroatoms. The number of anilines is 1. The molecule has 2 heterocycles. The number of rotatable bonds is 5. The largest absolute Gasteiger partial charge is 0.381 e. The first-order valence-corrected chi connectivity index (χ1v) is 7.14. The molecule has 0 amide bonds. The van der Waals surface area contributed by atoms with E-state index in [1.54, 1.807) is 18.4 Å². The van der Waals surface area contributed by atoms with Crippen molar-refractivity contribution in [2.75, 3.05) is 31.6 Å². The molecule has 1 aromatic rings. The summed E-state index contributed by atoms with van der Waals surface area (Å²) in [5, 5.41) is 6.62. The molecular weight excluding hydrogens is 234 g/mol. The zero-order valence-corrected chi connectivity index (χ0v) is 11.4. The maximum atomic E-state index is 5.38. The lowest BCUT2D eigenvalue weighted by Crippen LogP contribution is -2.36. The van der Waals surface area contributed by atoms with Gasteiger partial charge in [-0.3, -0.25) is 0 Å². The SMILES string of the molecule is CCNCc1csc(N2CCC(OC)CC2)n1. The van der Waals surface area contributed by atoms with Crippen molar-refractivity contribution in [1.82, 2.24) is 10.3 Å². The summed E-state index contributed by atoms with van der Waals surface area (Å²) >= 11 is 1.75. The minimum absolute atomic E-state index is 0.437. The first kappa shape index (κ1) is 12.8. The van der Waals surface area contributed by atoms with E-state index in [0.29, 0.717) is 6.10 Å². The molecule has 1 aliphatic rings. The van der Waals surface area contributed by atoms with Crippen LogP contribution in [0.25, 0.3) is 0 Å². The fraction of sp³-hybridized carbons (Fsp3) is 0.750. The van der Waals surface area contributed by atoms with Gasteiger partial charge in [0, 0.05) is 32.1 Å². The fourth-order valence-electron chi connectivity index (χ4n) is 2.06. The van der Waals surface area contributed by atoms with Gasteiger partial charge in [0.15, 0.2) is 5.13 Å². The summed E-state index contributed by atoms with van der Waals surface area (Å²) in [6.07, 6.45) is 2.66. The molecule has 1 N–H and O–H groups in total. The normalized spacial score (nSPS) is 17.6. The van der Waals surface area contributed by atoms with Crippen LogP contribution in [-0.4, -0.2) is 37.8 Å². The van der Waals surface area contributed by atoms with Crippen LogP contribution in [0.1, 0.15) is 25.5 Å². The molecule has 1 fully saturated rings. The second-order valence-corrected chi connectivity index (χ2v) is 5.16.